The third-order valence-electron chi connectivity index (χ3n) is 4.54. The number of nitrogens with zero attached hydrogens (tertiary/aromatic N) is 1. The number of anilines is 1. The van der Waals surface area contributed by atoms with E-state index >= 15 is 0 Å². The number of nitriles is 1. The molecule has 2 N–H and O–H groups in total. The van der Waals surface area contributed by atoms with Gasteiger partial charge >= 0.3 is 5.97 Å². The first-order chi connectivity index (χ1) is 12.0. The van der Waals surface area contributed by atoms with Crippen molar-refractivity contribution in [1.82, 2.24) is 0 Å². The molecule has 1 aromatic rings. The fourth-order valence-electron chi connectivity index (χ4n) is 3.07. The van der Waals surface area contributed by atoms with Crippen molar-refractivity contribution in [3.8, 4) is 6.07 Å². The van der Waals surface area contributed by atoms with E-state index in [4.69, 9.17) is 21.6 Å². The first-order valence-electron chi connectivity index (χ1n) is 8.48. The number of nitrogens with one attached hydrogen (secondary N) is 2. The number of rotatable bonds is 5. The van der Waals surface area contributed by atoms with Crippen molar-refractivity contribution < 1.29 is 19.2 Å². The highest BCUT2D eigenvalue weighted by molar-refractivity contribution is 6.32. The van der Waals surface area contributed by atoms with Crippen molar-refractivity contribution in [3.05, 3.63) is 28.8 Å². The zero-order chi connectivity index (χ0) is 18.4. The van der Waals surface area contributed by atoms with Gasteiger partial charge in [-0.25, -0.2) is 0 Å². The molecule has 1 saturated heterocycles. The van der Waals surface area contributed by atoms with Gasteiger partial charge in [0.1, 0.15) is 12.0 Å². The fourth-order valence-corrected chi connectivity index (χ4v) is 3.29. The molecular formula is C18H23ClN3O3+. The zero-order valence-corrected chi connectivity index (χ0v) is 15.2. The van der Waals surface area contributed by atoms with Crippen LogP contribution in [0.4, 0.5) is 5.69 Å². The topological polar surface area (TPSA) is 83.6 Å². The number of carbonyl (C=O) groups is 2. The average molecular weight is 365 g/mol. The number of quaternary nitrogens is 1. The number of amides is 1. The summed E-state index contributed by atoms with van der Waals surface area (Å²) in [4.78, 5) is 25.5. The van der Waals surface area contributed by atoms with Crippen LogP contribution in [-0.4, -0.2) is 37.6 Å². The molecule has 0 aromatic heterocycles. The molecule has 1 aromatic carbocycles. The van der Waals surface area contributed by atoms with Gasteiger partial charge in [-0.15, -0.1) is 0 Å². The largest absolute Gasteiger partial charge is 0.466 e. The molecule has 0 radical (unpaired) electrons. The number of hydrogen-bond donors (Lipinski definition) is 2. The molecule has 2 rings (SSSR count). The Kier molecular flexibility index (Phi) is 6.80. The summed E-state index contributed by atoms with van der Waals surface area (Å²) in [5.41, 5.74) is 0.922. The summed E-state index contributed by atoms with van der Waals surface area (Å²) in [7, 11) is 0. The maximum atomic E-state index is 12.5. The van der Waals surface area contributed by atoms with Crippen molar-refractivity contribution in [2.24, 2.45) is 5.92 Å². The van der Waals surface area contributed by atoms with Gasteiger partial charge < -0.3 is 15.0 Å². The van der Waals surface area contributed by atoms with Crippen LogP contribution < -0.4 is 10.2 Å². The predicted octanol–water partition coefficient (Wildman–Crippen LogP) is 1.40. The molecule has 1 unspecified atom stereocenters. The Morgan fingerprint density at radius 2 is 2.28 bits per heavy atom. The van der Waals surface area contributed by atoms with Crippen LogP contribution in [0.15, 0.2) is 18.2 Å². The van der Waals surface area contributed by atoms with Gasteiger partial charge in [-0.2, -0.15) is 5.26 Å². The summed E-state index contributed by atoms with van der Waals surface area (Å²) < 4.78 is 5.11. The van der Waals surface area contributed by atoms with Gasteiger partial charge in [-0.05, 0) is 44.9 Å². The Hall–Kier alpha value is -2.10. The van der Waals surface area contributed by atoms with Crippen LogP contribution in [0.2, 0.25) is 5.02 Å². The molecule has 3 atom stereocenters. The highest BCUT2D eigenvalue weighted by atomic mass is 35.5. The Bertz CT molecular complexity index is 687. The monoisotopic (exact) mass is 364 g/mol. The van der Waals surface area contributed by atoms with E-state index in [2.05, 4.69) is 5.32 Å². The van der Waals surface area contributed by atoms with E-state index in [1.54, 1.807) is 25.1 Å². The lowest BCUT2D eigenvalue weighted by molar-refractivity contribution is -0.921. The fraction of sp³-hybridized carbons (Fsp3) is 0.500. The lowest BCUT2D eigenvalue weighted by Gasteiger charge is -2.32. The first kappa shape index (κ1) is 19.2. The van der Waals surface area contributed by atoms with Gasteiger partial charge in [0.05, 0.1) is 30.3 Å². The van der Waals surface area contributed by atoms with Gasteiger partial charge in [0.2, 0.25) is 0 Å². The van der Waals surface area contributed by atoms with E-state index in [1.807, 2.05) is 13.0 Å². The van der Waals surface area contributed by atoms with E-state index in [0.29, 0.717) is 29.4 Å². The third kappa shape index (κ3) is 4.94. The summed E-state index contributed by atoms with van der Waals surface area (Å²) >= 11 is 5.99. The highest BCUT2D eigenvalue weighted by Crippen LogP contribution is 2.20. The number of halogens is 1. The molecule has 7 heteroatoms. The smallest absolute Gasteiger partial charge is 0.314 e. The minimum absolute atomic E-state index is 0.139. The third-order valence-corrected chi connectivity index (χ3v) is 4.85. The molecule has 0 saturated carbocycles. The quantitative estimate of drug-likeness (QED) is 0.773. The molecule has 134 valence electrons. The maximum Gasteiger partial charge on any atom is 0.314 e. The van der Waals surface area contributed by atoms with E-state index < -0.39 is 0 Å². The number of benzene rings is 1. The van der Waals surface area contributed by atoms with Crippen molar-refractivity contribution in [2.45, 2.75) is 32.7 Å². The molecule has 0 aliphatic carbocycles. The molecule has 1 heterocycles. The molecule has 1 aliphatic rings. The average Bonchev–Trinajstić information content (AvgIpc) is 2.61. The Labute approximate surface area is 152 Å². The Balaban J connectivity index is 1.98. The molecular weight excluding hydrogens is 342 g/mol. The van der Waals surface area contributed by atoms with Gasteiger partial charge in [-0.3, -0.25) is 9.59 Å². The first-order valence-corrected chi connectivity index (χ1v) is 8.85. The van der Waals surface area contributed by atoms with Crippen molar-refractivity contribution in [2.75, 3.05) is 25.0 Å². The SMILES string of the molecule is CCOC(=O)[C@@H]1CCC[NH+]([C@@H](C)C(=O)Nc2ccc(C#N)c(Cl)c2)C1. The lowest BCUT2D eigenvalue weighted by atomic mass is 9.97. The van der Waals surface area contributed by atoms with Crippen LogP contribution in [0.25, 0.3) is 0 Å². The molecule has 0 spiro atoms. The number of carbonyl (C=O) groups excluding carboxylic acids is 2. The summed E-state index contributed by atoms with van der Waals surface area (Å²) in [6.45, 7) is 5.47. The maximum absolute atomic E-state index is 12.5. The van der Waals surface area contributed by atoms with E-state index in [9.17, 15) is 9.59 Å². The number of likely N-dealkylation sites (tertiary alicyclic amines) is 1. The second kappa shape index (κ2) is 8.84. The minimum Gasteiger partial charge on any atom is -0.466 e. The van der Waals surface area contributed by atoms with E-state index in [0.717, 1.165) is 24.3 Å². The standard InChI is InChI=1S/C18H22ClN3O3/c1-3-25-18(24)14-5-4-8-22(11-14)12(2)17(23)21-15-7-6-13(10-20)16(19)9-15/h6-7,9,12,14H,3-5,8,11H2,1-2H3,(H,21,23)/p+1/t12-,14+/m0/s1. The van der Waals surface area contributed by atoms with Gasteiger partial charge in [0.25, 0.3) is 5.91 Å². The van der Waals surface area contributed by atoms with Crippen LogP contribution in [0, 0.1) is 17.2 Å². The van der Waals surface area contributed by atoms with Gasteiger partial charge in [0, 0.05) is 5.69 Å². The zero-order valence-electron chi connectivity index (χ0n) is 14.5. The normalized spacial score (nSPS) is 21.0. The number of piperidine rings is 1. The second-order valence-corrected chi connectivity index (χ2v) is 6.63. The molecule has 25 heavy (non-hydrogen) atoms. The summed E-state index contributed by atoms with van der Waals surface area (Å²) in [6, 6.07) is 6.48. The molecule has 6 nitrogen and oxygen atoms in total. The number of hydrogen-bond acceptors (Lipinski definition) is 4. The van der Waals surface area contributed by atoms with Crippen LogP contribution >= 0.6 is 11.6 Å². The van der Waals surface area contributed by atoms with Crippen molar-refractivity contribution in [1.29, 1.82) is 5.26 Å². The minimum atomic E-state index is -0.299. The van der Waals surface area contributed by atoms with E-state index in [-0.39, 0.29) is 23.8 Å². The summed E-state index contributed by atoms with van der Waals surface area (Å²) in [5, 5.41) is 12.0. The van der Waals surface area contributed by atoms with Crippen molar-refractivity contribution in [3.63, 3.8) is 0 Å². The molecule has 1 amide bonds. The second-order valence-electron chi connectivity index (χ2n) is 6.22. The Morgan fingerprint density at radius 1 is 1.52 bits per heavy atom. The van der Waals surface area contributed by atoms with Crippen LogP contribution in [0.5, 0.6) is 0 Å². The molecule has 0 bridgehead atoms. The van der Waals surface area contributed by atoms with Crippen molar-refractivity contribution >= 4 is 29.2 Å². The van der Waals surface area contributed by atoms with E-state index in [1.165, 1.54) is 0 Å². The number of ether oxygens (including phenoxy) is 1. The highest BCUT2D eigenvalue weighted by Gasteiger charge is 2.34. The van der Waals surface area contributed by atoms with Crippen LogP contribution in [0.1, 0.15) is 32.3 Å². The van der Waals surface area contributed by atoms with Crippen LogP contribution in [0.3, 0.4) is 0 Å². The van der Waals surface area contributed by atoms with Crippen LogP contribution in [-0.2, 0) is 14.3 Å². The van der Waals surface area contributed by atoms with Gasteiger partial charge in [-0.1, -0.05) is 11.6 Å². The summed E-state index contributed by atoms with van der Waals surface area (Å²) in [5.74, 6) is -0.463. The molecule has 1 fully saturated rings. The number of esters is 1. The molecule has 1 aliphatic heterocycles. The Morgan fingerprint density at radius 3 is 2.92 bits per heavy atom. The van der Waals surface area contributed by atoms with Gasteiger partial charge in [0.15, 0.2) is 6.04 Å². The lowest BCUT2D eigenvalue weighted by Crippen LogP contribution is -3.18. The predicted molar refractivity (Wildman–Crippen MR) is 94.3 cm³/mol. The summed E-state index contributed by atoms with van der Waals surface area (Å²) in [6.07, 6.45) is 1.70.